The van der Waals surface area contributed by atoms with Gasteiger partial charge >= 0.3 is 0 Å². The first kappa shape index (κ1) is 15.5. The zero-order valence-corrected chi connectivity index (χ0v) is 13.9. The standard InChI is InChI=1S/C15H24N2O2S2/c16-6-7-21(17,18)15-9-12-8-13(19-10-14(12)20-15)11-4-2-1-3-5-11/h9,11,13,17H,1-8,10,16H2. The lowest BCUT2D eigenvalue weighted by Crippen LogP contribution is -2.30. The quantitative estimate of drug-likeness (QED) is 0.891. The van der Waals surface area contributed by atoms with Crippen molar-refractivity contribution in [2.75, 3.05) is 12.3 Å². The number of thiophene rings is 1. The lowest BCUT2D eigenvalue weighted by molar-refractivity contribution is -0.0184. The molecule has 0 amide bonds. The second-order valence-corrected chi connectivity index (χ2v) is 9.73. The predicted molar refractivity (Wildman–Crippen MR) is 86.2 cm³/mol. The lowest BCUT2D eigenvalue weighted by Gasteiger charge is -2.32. The Morgan fingerprint density at radius 1 is 1.38 bits per heavy atom. The van der Waals surface area contributed by atoms with Crippen molar-refractivity contribution < 1.29 is 8.95 Å². The largest absolute Gasteiger partial charge is 0.372 e. The van der Waals surface area contributed by atoms with Crippen molar-refractivity contribution in [2.45, 2.75) is 55.4 Å². The third kappa shape index (κ3) is 3.33. The summed E-state index contributed by atoms with van der Waals surface area (Å²) < 4.78 is 27.1. The second kappa shape index (κ2) is 6.36. The van der Waals surface area contributed by atoms with Gasteiger partial charge in [0.2, 0.25) is 0 Å². The van der Waals surface area contributed by atoms with Gasteiger partial charge in [-0.2, -0.15) is 0 Å². The predicted octanol–water partition coefficient (Wildman–Crippen LogP) is 3.13. The van der Waals surface area contributed by atoms with Gasteiger partial charge in [-0.15, -0.1) is 11.3 Å². The number of nitrogens with two attached hydrogens (primary N) is 1. The summed E-state index contributed by atoms with van der Waals surface area (Å²) >= 11 is 1.49. The van der Waals surface area contributed by atoms with Crippen LogP contribution < -0.4 is 5.73 Å². The van der Waals surface area contributed by atoms with Crippen molar-refractivity contribution >= 4 is 21.1 Å². The van der Waals surface area contributed by atoms with E-state index in [1.54, 1.807) is 0 Å². The molecule has 0 bridgehead atoms. The maximum absolute atomic E-state index is 12.3. The van der Waals surface area contributed by atoms with Gasteiger partial charge in [0.25, 0.3) is 0 Å². The Morgan fingerprint density at radius 3 is 2.86 bits per heavy atom. The molecule has 1 saturated carbocycles. The van der Waals surface area contributed by atoms with E-state index in [1.165, 1.54) is 49.0 Å². The highest BCUT2D eigenvalue weighted by Crippen LogP contribution is 2.37. The minimum Gasteiger partial charge on any atom is -0.372 e. The number of nitrogens with one attached hydrogen (secondary N) is 1. The van der Waals surface area contributed by atoms with Crippen molar-refractivity contribution in [3.05, 3.63) is 16.5 Å². The van der Waals surface area contributed by atoms with Crippen LogP contribution >= 0.6 is 11.3 Å². The maximum atomic E-state index is 12.3. The van der Waals surface area contributed by atoms with Crippen LogP contribution in [0.5, 0.6) is 0 Å². The molecule has 2 heterocycles. The SMILES string of the molecule is N=S(=O)(CCN)c1cc2c(s1)COC(C1CCCCC1)C2. The molecular weight excluding hydrogens is 304 g/mol. The van der Waals surface area contributed by atoms with Gasteiger partial charge in [0.15, 0.2) is 0 Å². The molecule has 6 heteroatoms. The van der Waals surface area contributed by atoms with Gasteiger partial charge in [-0.1, -0.05) is 19.3 Å². The third-order valence-electron chi connectivity index (χ3n) is 4.63. The number of rotatable bonds is 4. The molecule has 4 nitrogen and oxygen atoms in total. The van der Waals surface area contributed by atoms with E-state index in [2.05, 4.69) is 0 Å². The molecule has 0 saturated heterocycles. The summed E-state index contributed by atoms with van der Waals surface area (Å²) in [7, 11) is -2.71. The molecule has 0 aromatic carbocycles. The highest BCUT2D eigenvalue weighted by Gasteiger charge is 2.30. The molecule has 118 valence electrons. The average Bonchev–Trinajstić information content (AvgIpc) is 2.92. The van der Waals surface area contributed by atoms with Crippen LogP contribution in [0.15, 0.2) is 10.3 Å². The van der Waals surface area contributed by atoms with Gasteiger partial charge < -0.3 is 10.5 Å². The Morgan fingerprint density at radius 2 is 2.14 bits per heavy atom. The van der Waals surface area contributed by atoms with E-state index < -0.39 is 9.73 Å². The molecule has 0 spiro atoms. The normalized spacial score (nSPS) is 26.2. The highest BCUT2D eigenvalue weighted by atomic mass is 32.2. The topological polar surface area (TPSA) is 76.2 Å². The van der Waals surface area contributed by atoms with Crippen LogP contribution in [-0.2, 0) is 27.5 Å². The first-order valence-corrected chi connectivity index (χ1v) is 10.3. The number of hydrogen-bond acceptors (Lipinski definition) is 5. The van der Waals surface area contributed by atoms with E-state index in [0.717, 1.165) is 11.3 Å². The van der Waals surface area contributed by atoms with Crippen molar-refractivity contribution in [3.63, 3.8) is 0 Å². The van der Waals surface area contributed by atoms with Gasteiger partial charge in [0, 0.05) is 23.6 Å². The van der Waals surface area contributed by atoms with Crippen molar-refractivity contribution in [1.82, 2.24) is 0 Å². The van der Waals surface area contributed by atoms with E-state index in [0.29, 0.717) is 29.4 Å². The molecule has 2 aliphatic rings. The van der Waals surface area contributed by atoms with Crippen LogP contribution in [0.25, 0.3) is 0 Å². The fourth-order valence-corrected chi connectivity index (χ4v) is 6.23. The van der Waals surface area contributed by atoms with Crippen molar-refractivity contribution in [2.24, 2.45) is 11.7 Å². The van der Waals surface area contributed by atoms with E-state index in [1.807, 2.05) is 6.07 Å². The fraction of sp³-hybridized carbons (Fsp3) is 0.733. The van der Waals surface area contributed by atoms with Crippen LogP contribution in [0, 0.1) is 10.7 Å². The summed E-state index contributed by atoms with van der Waals surface area (Å²) in [6.07, 6.45) is 7.80. The summed E-state index contributed by atoms with van der Waals surface area (Å²) in [5.74, 6) is 0.930. The van der Waals surface area contributed by atoms with E-state index in [9.17, 15) is 4.21 Å². The zero-order valence-electron chi connectivity index (χ0n) is 12.3. The van der Waals surface area contributed by atoms with Crippen LogP contribution in [-0.4, -0.2) is 22.6 Å². The molecule has 0 radical (unpaired) electrons. The van der Waals surface area contributed by atoms with Crippen molar-refractivity contribution in [1.29, 1.82) is 4.78 Å². The number of ether oxygens (including phenoxy) is 1. The number of fused-ring (bicyclic) bond motifs is 1. The lowest BCUT2D eigenvalue weighted by atomic mass is 9.82. The maximum Gasteiger partial charge on any atom is 0.100 e. The first-order chi connectivity index (χ1) is 10.1. The summed E-state index contributed by atoms with van der Waals surface area (Å²) in [4.78, 5) is 1.16. The Hall–Kier alpha value is -0.430. The van der Waals surface area contributed by atoms with Gasteiger partial charge in [0.05, 0.1) is 22.4 Å². The Labute approximate surface area is 131 Å². The molecule has 1 aliphatic carbocycles. The third-order valence-corrected chi connectivity index (χ3v) is 8.21. The second-order valence-electron chi connectivity index (χ2n) is 6.13. The smallest absolute Gasteiger partial charge is 0.100 e. The molecule has 2 atom stereocenters. The molecule has 1 aliphatic heterocycles. The zero-order chi connectivity index (χ0) is 14.9. The van der Waals surface area contributed by atoms with Crippen LogP contribution in [0.2, 0.25) is 0 Å². The van der Waals surface area contributed by atoms with E-state index >= 15 is 0 Å². The summed E-state index contributed by atoms with van der Waals surface area (Å²) in [6, 6.07) is 1.99. The van der Waals surface area contributed by atoms with Crippen LogP contribution in [0.1, 0.15) is 42.5 Å². The number of hydrogen-bond donors (Lipinski definition) is 2. The molecule has 2 unspecified atom stereocenters. The minimum absolute atomic E-state index is 0.249. The van der Waals surface area contributed by atoms with Gasteiger partial charge in [-0.25, -0.2) is 8.99 Å². The van der Waals surface area contributed by atoms with Gasteiger partial charge in [-0.3, -0.25) is 0 Å². The minimum atomic E-state index is -2.71. The molecule has 21 heavy (non-hydrogen) atoms. The van der Waals surface area contributed by atoms with Gasteiger partial charge in [-0.05, 0) is 30.4 Å². The summed E-state index contributed by atoms with van der Waals surface area (Å²) in [5.41, 5.74) is 6.73. The van der Waals surface area contributed by atoms with Crippen molar-refractivity contribution in [3.8, 4) is 0 Å². The molecule has 3 N–H and O–H groups in total. The van der Waals surface area contributed by atoms with E-state index in [-0.39, 0.29) is 5.75 Å². The highest BCUT2D eigenvalue weighted by molar-refractivity contribution is 7.94. The Balaban J connectivity index is 1.75. The fourth-order valence-electron chi connectivity index (χ4n) is 3.43. The van der Waals surface area contributed by atoms with E-state index in [4.69, 9.17) is 15.3 Å². The molecular formula is C15H24N2O2S2. The summed E-state index contributed by atoms with van der Waals surface area (Å²) in [6.45, 7) is 0.922. The molecule has 1 aromatic heterocycles. The summed E-state index contributed by atoms with van der Waals surface area (Å²) in [5, 5.41) is 0. The van der Waals surface area contributed by atoms with Crippen LogP contribution in [0.4, 0.5) is 0 Å². The van der Waals surface area contributed by atoms with Gasteiger partial charge in [0.1, 0.15) is 4.21 Å². The molecule has 1 aromatic rings. The van der Waals surface area contributed by atoms with Crippen LogP contribution in [0.3, 0.4) is 0 Å². The first-order valence-electron chi connectivity index (χ1n) is 7.80. The Kier molecular flexibility index (Phi) is 4.69. The Bertz CT molecular complexity index is 589. The average molecular weight is 329 g/mol. The molecule has 1 fully saturated rings. The molecule has 3 rings (SSSR count). The monoisotopic (exact) mass is 328 g/mol.